The number of nitrogens with two attached hydrogens (primary N) is 1. The smallest absolute Gasteiger partial charge is 0.177 e. The Kier molecular flexibility index (Phi) is 12.6. The Morgan fingerprint density at radius 1 is 0.686 bits per heavy atom. The Morgan fingerprint density at radius 3 is 1.76 bits per heavy atom. The highest BCUT2D eigenvalue weighted by Crippen LogP contribution is 2.22. The molecule has 17 heteroatoms. The molecule has 2 aliphatic heterocycles. The predicted molar refractivity (Wildman–Crippen MR) is 205 cm³/mol. The van der Waals surface area contributed by atoms with Crippen molar-refractivity contribution < 1.29 is 0 Å². The normalized spacial score (nSPS) is 16.0. The first-order valence-corrected chi connectivity index (χ1v) is 18.1. The summed E-state index contributed by atoms with van der Waals surface area (Å²) in [6, 6.07) is 11.5. The summed E-state index contributed by atoms with van der Waals surface area (Å²) < 4.78 is 4.11. The van der Waals surface area contributed by atoms with Crippen molar-refractivity contribution in [3.8, 4) is 0 Å². The lowest BCUT2D eigenvalue weighted by Gasteiger charge is -2.32. The van der Waals surface area contributed by atoms with Crippen molar-refractivity contribution >= 4 is 67.7 Å². The van der Waals surface area contributed by atoms with Gasteiger partial charge in [-0.25, -0.2) is 29.0 Å². The highest BCUT2D eigenvalue weighted by molar-refractivity contribution is 9.10. The lowest BCUT2D eigenvalue weighted by atomic mass is 10.2. The van der Waals surface area contributed by atoms with Crippen molar-refractivity contribution in [1.82, 2.24) is 58.8 Å². The molecular weight excluding hydrogens is 755 g/mol. The van der Waals surface area contributed by atoms with Crippen molar-refractivity contribution in [2.45, 2.75) is 13.1 Å². The number of nitrogens with one attached hydrogen (secondary N) is 1. The molecule has 51 heavy (non-hydrogen) atoms. The molecule has 3 N–H and O–H groups in total. The molecule has 2 fully saturated rings. The van der Waals surface area contributed by atoms with Crippen LogP contribution in [-0.2, 0) is 13.1 Å². The van der Waals surface area contributed by atoms with Crippen LogP contribution in [0.5, 0.6) is 0 Å². The Labute approximate surface area is 315 Å². The summed E-state index contributed by atoms with van der Waals surface area (Å²) in [6.45, 7) is 11.0. The van der Waals surface area contributed by atoms with E-state index >= 15 is 0 Å². The van der Waals surface area contributed by atoms with E-state index < -0.39 is 0 Å². The Morgan fingerprint density at radius 2 is 1.22 bits per heavy atom. The highest BCUT2D eigenvalue weighted by atomic mass is 79.9. The van der Waals surface area contributed by atoms with Gasteiger partial charge in [-0.3, -0.25) is 9.80 Å². The second-order valence-corrected chi connectivity index (χ2v) is 14.1. The van der Waals surface area contributed by atoms with Gasteiger partial charge in [-0.15, -0.1) is 0 Å². The number of rotatable bonds is 6. The Balaban J connectivity index is 0.000000146. The number of piperazine rings is 2. The van der Waals surface area contributed by atoms with Crippen LogP contribution in [0.2, 0.25) is 10.3 Å². The number of likely N-dealkylation sites (N-methyl/N-ethyl adjacent to an activating group) is 2. The summed E-state index contributed by atoms with van der Waals surface area (Å²) in [5.74, 6) is 1.35. The summed E-state index contributed by atoms with van der Waals surface area (Å²) >= 11 is 15.1. The Bertz CT molecular complexity index is 1990. The molecule has 0 radical (unpaired) electrons. The van der Waals surface area contributed by atoms with Gasteiger partial charge in [-0.05, 0) is 59.4 Å². The molecule has 0 atom stereocenters. The Hall–Kier alpha value is -3.96. The fraction of sp³-hybridized carbons (Fsp3) is 0.353. The molecule has 0 amide bonds. The van der Waals surface area contributed by atoms with E-state index in [1.165, 1.54) is 11.1 Å². The van der Waals surface area contributed by atoms with Crippen molar-refractivity contribution in [2.24, 2.45) is 0 Å². The third-order valence-electron chi connectivity index (χ3n) is 8.55. The van der Waals surface area contributed by atoms with E-state index in [0.717, 1.165) is 87.1 Å². The first kappa shape index (κ1) is 36.8. The predicted octanol–water partition coefficient (Wildman–Crippen LogP) is 4.83. The largest absolute Gasteiger partial charge is 0.384 e. The third-order valence-corrected chi connectivity index (χ3v) is 9.51. The zero-order chi connectivity index (χ0) is 35.7. The molecule has 0 aromatic carbocycles. The molecule has 0 bridgehead atoms. The van der Waals surface area contributed by atoms with Crippen molar-refractivity contribution in [3.63, 3.8) is 0 Å². The van der Waals surface area contributed by atoms with Crippen molar-refractivity contribution in [1.29, 1.82) is 0 Å². The second-order valence-electron chi connectivity index (χ2n) is 12.5. The minimum Gasteiger partial charge on any atom is -0.384 e. The number of anilines is 3. The van der Waals surface area contributed by atoms with Crippen LogP contribution in [0.4, 0.5) is 17.3 Å². The summed E-state index contributed by atoms with van der Waals surface area (Å²) in [4.78, 5) is 26.6. The lowest BCUT2D eigenvalue weighted by Crippen LogP contribution is -2.43. The van der Waals surface area contributed by atoms with Crippen LogP contribution in [-0.4, -0.2) is 125 Å². The van der Waals surface area contributed by atoms with Crippen LogP contribution in [0.1, 0.15) is 11.1 Å². The molecular formula is C34H41BrCl2N14. The van der Waals surface area contributed by atoms with Crippen molar-refractivity contribution in [3.05, 3.63) is 99.5 Å². The van der Waals surface area contributed by atoms with Gasteiger partial charge in [0, 0.05) is 109 Å². The molecule has 0 unspecified atom stereocenters. The maximum atomic E-state index is 6.06. The number of imidazole rings is 2. The van der Waals surface area contributed by atoms with E-state index in [-0.39, 0.29) is 0 Å². The topological polar surface area (TPSA) is 137 Å². The van der Waals surface area contributed by atoms with Gasteiger partial charge in [0.1, 0.15) is 11.6 Å². The van der Waals surface area contributed by atoms with E-state index in [2.05, 4.69) is 97.2 Å². The van der Waals surface area contributed by atoms with Gasteiger partial charge in [0.15, 0.2) is 21.6 Å². The number of halogens is 3. The van der Waals surface area contributed by atoms with Crippen LogP contribution in [0.3, 0.4) is 0 Å². The lowest BCUT2D eigenvalue weighted by molar-refractivity contribution is 0.148. The summed E-state index contributed by atoms with van der Waals surface area (Å²) in [5, 5.41) is 12.3. The SMILES string of the molecule is CN1CCN(Cc2ccc(N)nc2)CC1.CN1CCN(Cc2ccc(Nc3cc(Cl)nn4ccnc34)nc2)CC1.Clc1cc(Br)c2nccn2n1. The quantitative estimate of drug-likeness (QED) is 0.239. The van der Waals surface area contributed by atoms with Crippen LogP contribution in [0.15, 0.2) is 78.1 Å². The number of hydrogen-bond donors (Lipinski definition) is 2. The van der Waals surface area contributed by atoms with Gasteiger partial charge >= 0.3 is 0 Å². The zero-order valence-electron chi connectivity index (χ0n) is 28.6. The van der Waals surface area contributed by atoms with E-state index in [4.69, 9.17) is 28.9 Å². The molecule has 0 aliphatic carbocycles. The number of nitrogen functional groups attached to an aromatic ring is 1. The van der Waals surface area contributed by atoms with Gasteiger partial charge < -0.3 is 20.9 Å². The molecule has 14 nitrogen and oxygen atoms in total. The molecule has 2 saturated heterocycles. The van der Waals surface area contributed by atoms with E-state index in [1.807, 2.05) is 24.5 Å². The van der Waals surface area contributed by atoms with Gasteiger partial charge in [0.2, 0.25) is 0 Å². The molecule has 8 rings (SSSR count). The standard InChI is InChI=1S/C17H20ClN7.C11H18N4.C6H3BrClN3/c1-23-6-8-24(9-7-23)12-13-2-3-16(20-11-13)21-14-10-15(18)22-25-5-4-19-17(14)25;1-14-4-6-15(7-5-14)9-10-2-3-11(12)13-8-10;7-4-3-5(8)10-11-2-1-9-6(4)11/h2-5,10-11H,6-9,12H2,1H3,(H,20,21);2-3,8H,4-7,9H2,1H3,(H2,12,13);1-3H. The number of nitrogens with zero attached hydrogens (tertiary/aromatic N) is 12. The van der Waals surface area contributed by atoms with Crippen LogP contribution in [0, 0.1) is 0 Å². The van der Waals surface area contributed by atoms with Gasteiger partial charge in [0.25, 0.3) is 0 Å². The van der Waals surface area contributed by atoms with Crippen LogP contribution < -0.4 is 11.1 Å². The van der Waals surface area contributed by atoms with Gasteiger partial charge in [-0.2, -0.15) is 10.2 Å². The molecule has 0 saturated carbocycles. The first-order chi connectivity index (χ1) is 24.7. The van der Waals surface area contributed by atoms with E-state index in [0.29, 0.717) is 21.8 Å². The van der Waals surface area contributed by atoms with E-state index in [9.17, 15) is 0 Å². The molecule has 6 aromatic heterocycles. The summed E-state index contributed by atoms with van der Waals surface area (Å²) in [6.07, 6.45) is 10.7. The number of aromatic nitrogens is 8. The minimum atomic E-state index is 0.402. The summed E-state index contributed by atoms with van der Waals surface area (Å²) in [5.41, 5.74) is 10.3. The molecule has 268 valence electrons. The van der Waals surface area contributed by atoms with Gasteiger partial charge in [0.05, 0.1) is 10.2 Å². The number of fused-ring (bicyclic) bond motifs is 2. The average Bonchev–Trinajstić information content (AvgIpc) is 3.80. The first-order valence-electron chi connectivity index (χ1n) is 16.6. The van der Waals surface area contributed by atoms with E-state index in [1.54, 1.807) is 46.0 Å². The fourth-order valence-corrected chi connectivity index (χ4v) is 6.63. The fourth-order valence-electron chi connectivity index (χ4n) is 5.62. The monoisotopic (exact) mass is 794 g/mol. The highest BCUT2D eigenvalue weighted by Gasteiger charge is 2.15. The second kappa shape index (κ2) is 17.5. The molecule has 8 heterocycles. The summed E-state index contributed by atoms with van der Waals surface area (Å²) in [7, 11) is 4.34. The molecule has 0 spiro atoms. The molecule has 6 aromatic rings. The zero-order valence-corrected chi connectivity index (χ0v) is 31.7. The van der Waals surface area contributed by atoms with Crippen LogP contribution in [0.25, 0.3) is 11.3 Å². The van der Waals surface area contributed by atoms with Crippen molar-refractivity contribution in [2.75, 3.05) is 77.5 Å². The minimum absolute atomic E-state index is 0.402. The van der Waals surface area contributed by atoms with Crippen LogP contribution >= 0.6 is 39.1 Å². The average molecular weight is 797 g/mol. The maximum absolute atomic E-state index is 6.06. The maximum Gasteiger partial charge on any atom is 0.177 e. The number of hydrogen-bond acceptors (Lipinski definition) is 12. The van der Waals surface area contributed by atoms with Gasteiger partial charge in [-0.1, -0.05) is 35.3 Å². The third kappa shape index (κ3) is 10.5. The molecule has 2 aliphatic rings. The number of pyridine rings is 2.